The number of H-pyrrole nitrogens is 1. The molecule has 0 unspecified atom stereocenters. The number of hydrogen-bond acceptors (Lipinski definition) is 5. The van der Waals surface area contributed by atoms with Crippen molar-refractivity contribution in [3.05, 3.63) is 64.9 Å². The molecule has 0 saturated carbocycles. The van der Waals surface area contributed by atoms with Crippen LogP contribution in [0.2, 0.25) is 0 Å². The van der Waals surface area contributed by atoms with Gasteiger partial charge in [-0.3, -0.25) is 9.89 Å². The Balaban J connectivity index is 1.62. The van der Waals surface area contributed by atoms with Crippen LogP contribution < -0.4 is 14.2 Å². The van der Waals surface area contributed by atoms with Crippen LogP contribution in [0.5, 0.6) is 17.2 Å². The second-order valence-corrected chi connectivity index (χ2v) is 6.41. The molecule has 1 N–H and O–H groups in total. The Bertz CT molecular complexity index is 1060. The summed E-state index contributed by atoms with van der Waals surface area (Å²) in [5.74, 6) is 1.17. The number of ether oxygens (including phenoxy) is 3. The number of aromatic nitrogens is 2. The van der Waals surface area contributed by atoms with Crippen LogP contribution in [0.1, 0.15) is 27.2 Å². The summed E-state index contributed by atoms with van der Waals surface area (Å²) in [6.45, 7) is 0. The van der Waals surface area contributed by atoms with Crippen LogP contribution in [0, 0.1) is 0 Å². The van der Waals surface area contributed by atoms with Gasteiger partial charge in [0.25, 0.3) is 0 Å². The number of rotatable bonds is 6. The topological polar surface area (TPSA) is 73.4 Å². The maximum absolute atomic E-state index is 12.7. The van der Waals surface area contributed by atoms with Crippen LogP contribution in [-0.2, 0) is 6.42 Å². The van der Waals surface area contributed by atoms with Gasteiger partial charge >= 0.3 is 0 Å². The number of ketones is 1. The summed E-state index contributed by atoms with van der Waals surface area (Å²) in [5, 5.41) is 7.45. The molecule has 0 aliphatic heterocycles. The maximum atomic E-state index is 12.7. The summed E-state index contributed by atoms with van der Waals surface area (Å²) in [6.07, 6.45) is 4.10. The molecule has 4 rings (SSSR count). The zero-order chi connectivity index (χ0) is 19.7. The predicted molar refractivity (Wildman–Crippen MR) is 106 cm³/mol. The van der Waals surface area contributed by atoms with Crippen molar-refractivity contribution >= 4 is 11.9 Å². The van der Waals surface area contributed by atoms with Gasteiger partial charge in [-0.1, -0.05) is 24.3 Å². The number of allylic oxidation sites excluding steroid dienone is 1. The van der Waals surface area contributed by atoms with E-state index in [1.54, 1.807) is 18.2 Å². The number of nitrogens with one attached hydrogen (secondary N) is 1. The highest BCUT2D eigenvalue weighted by molar-refractivity contribution is 6.07. The molecule has 2 aromatic carbocycles. The van der Waals surface area contributed by atoms with Gasteiger partial charge in [-0.05, 0) is 29.8 Å². The van der Waals surface area contributed by atoms with Crippen molar-refractivity contribution < 1.29 is 19.0 Å². The van der Waals surface area contributed by atoms with Gasteiger partial charge in [0.15, 0.2) is 17.3 Å². The fourth-order valence-corrected chi connectivity index (χ4v) is 3.49. The van der Waals surface area contributed by atoms with E-state index in [0.717, 1.165) is 28.9 Å². The van der Waals surface area contributed by atoms with Gasteiger partial charge in [-0.25, -0.2) is 0 Å². The average Bonchev–Trinajstić information content (AvgIpc) is 3.30. The average molecular weight is 376 g/mol. The lowest BCUT2D eigenvalue weighted by Gasteiger charge is -2.13. The molecule has 0 spiro atoms. The zero-order valence-electron chi connectivity index (χ0n) is 15.9. The molecule has 0 amide bonds. The third-order valence-electron chi connectivity index (χ3n) is 4.89. The van der Waals surface area contributed by atoms with Gasteiger partial charge in [0, 0.05) is 23.1 Å². The monoisotopic (exact) mass is 376 g/mol. The van der Waals surface area contributed by atoms with Crippen molar-refractivity contribution in [3.63, 3.8) is 0 Å². The molecule has 3 aromatic rings. The second-order valence-electron chi connectivity index (χ2n) is 6.41. The van der Waals surface area contributed by atoms with E-state index >= 15 is 0 Å². The smallest absolute Gasteiger partial charge is 0.203 e. The van der Waals surface area contributed by atoms with Crippen molar-refractivity contribution in [2.45, 2.75) is 6.42 Å². The number of hydrogen-bond donors (Lipinski definition) is 1. The number of carbonyl (C=O) groups is 1. The molecule has 0 fully saturated rings. The normalized spacial score (nSPS) is 12.0. The lowest BCUT2D eigenvalue weighted by molar-refractivity contribution is 0.104. The number of aromatic amines is 1. The Morgan fingerprint density at radius 1 is 1.07 bits per heavy atom. The Hall–Kier alpha value is -3.54. The van der Waals surface area contributed by atoms with E-state index in [2.05, 4.69) is 22.3 Å². The largest absolute Gasteiger partial charge is 0.493 e. The molecule has 1 aliphatic rings. The van der Waals surface area contributed by atoms with Crippen LogP contribution in [0.15, 0.2) is 42.5 Å². The van der Waals surface area contributed by atoms with E-state index < -0.39 is 0 Å². The van der Waals surface area contributed by atoms with Crippen molar-refractivity contribution in [3.8, 4) is 28.5 Å². The molecule has 0 saturated heterocycles. The molecule has 28 heavy (non-hydrogen) atoms. The van der Waals surface area contributed by atoms with Gasteiger partial charge < -0.3 is 14.2 Å². The first-order valence-electron chi connectivity index (χ1n) is 8.84. The van der Waals surface area contributed by atoms with Crippen LogP contribution in [0.25, 0.3) is 17.3 Å². The molecule has 1 aliphatic carbocycles. The molecule has 0 atom stereocenters. The lowest BCUT2D eigenvalue weighted by atomic mass is 10.1. The Morgan fingerprint density at radius 2 is 1.79 bits per heavy atom. The fraction of sp³-hybridized carbons (Fsp3) is 0.182. The highest BCUT2D eigenvalue weighted by Gasteiger charge is 2.23. The van der Waals surface area contributed by atoms with Crippen molar-refractivity contribution in [2.75, 3.05) is 21.3 Å². The minimum absolute atomic E-state index is 0.168. The van der Waals surface area contributed by atoms with Gasteiger partial charge in [-0.2, -0.15) is 5.10 Å². The van der Waals surface area contributed by atoms with Crippen molar-refractivity contribution in [1.29, 1.82) is 0 Å². The molecule has 1 aromatic heterocycles. The summed E-state index contributed by atoms with van der Waals surface area (Å²) in [7, 11) is 4.57. The van der Waals surface area contributed by atoms with Gasteiger partial charge in [0.1, 0.15) is 0 Å². The fourth-order valence-electron chi connectivity index (χ4n) is 3.49. The third kappa shape index (κ3) is 2.93. The number of nitrogens with zero attached hydrogens (tertiary/aromatic N) is 1. The van der Waals surface area contributed by atoms with E-state index in [4.69, 9.17) is 14.2 Å². The summed E-state index contributed by atoms with van der Waals surface area (Å²) in [6, 6.07) is 11.5. The van der Waals surface area contributed by atoms with Crippen LogP contribution in [0.4, 0.5) is 0 Å². The maximum Gasteiger partial charge on any atom is 0.203 e. The first-order chi connectivity index (χ1) is 13.7. The minimum atomic E-state index is -0.168. The van der Waals surface area contributed by atoms with Gasteiger partial charge in [0.2, 0.25) is 5.75 Å². The van der Waals surface area contributed by atoms with E-state index in [0.29, 0.717) is 22.8 Å². The number of benzene rings is 2. The Kier molecular flexibility index (Phi) is 4.61. The van der Waals surface area contributed by atoms with Crippen LogP contribution in [-0.4, -0.2) is 37.3 Å². The summed E-state index contributed by atoms with van der Waals surface area (Å²) >= 11 is 0. The van der Waals surface area contributed by atoms with Gasteiger partial charge in [0.05, 0.1) is 32.7 Å². The summed E-state index contributed by atoms with van der Waals surface area (Å²) in [4.78, 5) is 12.7. The first-order valence-corrected chi connectivity index (χ1v) is 8.84. The first kappa shape index (κ1) is 17.9. The molecule has 6 nitrogen and oxygen atoms in total. The number of fused-ring (bicyclic) bond motifs is 3. The highest BCUT2D eigenvalue weighted by atomic mass is 16.5. The lowest BCUT2D eigenvalue weighted by Crippen LogP contribution is -2.00. The van der Waals surface area contributed by atoms with Crippen molar-refractivity contribution in [1.82, 2.24) is 10.2 Å². The SMILES string of the molecule is COc1cc(C(=O)/C=C/c2[nH]nc3c2Cc2ccccc2-3)cc(OC)c1OC. The third-order valence-corrected chi connectivity index (χ3v) is 4.89. The Labute approximate surface area is 162 Å². The van der Waals surface area contributed by atoms with Crippen molar-refractivity contribution in [2.24, 2.45) is 0 Å². The molecule has 0 radical (unpaired) electrons. The predicted octanol–water partition coefficient (Wildman–Crippen LogP) is 3.90. The number of carbonyl (C=O) groups excluding carboxylic acids is 1. The molecule has 142 valence electrons. The van der Waals surface area contributed by atoms with Crippen LogP contribution in [0.3, 0.4) is 0 Å². The van der Waals surface area contributed by atoms with Crippen LogP contribution >= 0.6 is 0 Å². The summed E-state index contributed by atoms with van der Waals surface area (Å²) < 4.78 is 15.9. The van der Waals surface area contributed by atoms with Gasteiger partial charge in [-0.15, -0.1) is 0 Å². The molecule has 0 bridgehead atoms. The Morgan fingerprint density at radius 3 is 2.46 bits per heavy atom. The molecular formula is C22H20N2O4. The summed E-state index contributed by atoms with van der Waals surface area (Å²) in [5.41, 5.74) is 5.74. The highest BCUT2D eigenvalue weighted by Crippen LogP contribution is 2.39. The minimum Gasteiger partial charge on any atom is -0.493 e. The zero-order valence-corrected chi connectivity index (χ0v) is 15.9. The van der Waals surface area contributed by atoms with E-state index in [1.165, 1.54) is 33.0 Å². The van der Waals surface area contributed by atoms with E-state index in [9.17, 15) is 4.79 Å². The molecular weight excluding hydrogens is 356 g/mol. The molecule has 1 heterocycles. The number of methoxy groups -OCH3 is 3. The van der Waals surface area contributed by atoms with E-state index in [1.807, 2.05) is 12.1 Å². The van der Waals surface area contributed by atoms with E-state index in [-0.39, 0.29) is 5.78 Å². The second kappa shape index (κ2) is 7.23. The standard InChI is InChI=1S/C22H20N2O4/c1-26-19-11-14(12-20(27-2)22(19)28-3)18(25)9-8-17-16-10-13-6-4-5-7-15(13)21(16)24-23-17/h4-9,11-12H,10H2,1-3H3,(H,23,24)/b9-8+. The molecule has 6 heteroatoms. The quantitative estimate of drug-likeness (QED) is 0.408.